The third-order valence-electron chi connectivity index (χ3n) is 3.91. The summed E-state index contributed by atoms with van der Waals surface area (Å²) in [4.78, 5) is 26.0. The second-order valence-electron chi connectivity index (χ2n) is 5.49. The predicted octanol–water partition coefficient (Wildman–Crippen LogP) is 2.42. The van der Waals surface area contributed by atoms with Crippen LogP contribution in [0.5, 0.6) is 0 Å². The van der Waals surface area contributed by atoms with Crippen molar-refractivity contribution in [1.29, 1.82) is 0 Å². The van der Waals surface area contributed by atoms with Crippen molar-refractivity contribution in [2.45, 2.75) is 19.3 Å². The Morgan fingerprint density at radius 3 is 2.50 bits per heavy atom. The Kier molecular flexibility index (Phi) is 6.01. The van der Waals surface area contributed by atoms with Crippen LogP contribution >= 0.6 is 11.6 Å². The highest BCUT2D eigenvalue weighted by molar-refractivity contribution is 6.30. The fourth-order valence-electron chi connectivity index (χ4n) is 2.60. The molecule has 0 atom stereocenters. The standard InChI is InChI=1S/C17H21ClN2O2/c1-2-9-19-17(22)14-7-10-20(11-8-14)16(21)12-13-3-5-15(18)6-4-13/h2-6,14H,1,7-12H2,(H,19,22). The summed E-state index contributed by atoms with van der Waals surface area (Å²) in [6.07, 6.45) is 3.48. The molecule has 0 radical (unpaired) electrons. The Bertz CT molecular complexity index is 534. The van der Waals surface area contributed by atoms with E-state index in [1.165, 1.54) is 0 Å². The molecule has 2 rings (SSSR count). The van der Waals surface area contributed by atoms with E-state index in [1.54, 1.807) is 18.2 Å². The predicted molar refractivity (Wildman–Crippen MR) is 87.7 cm³/mol. The van der Waals surface area contributed by atoms with Gasteiger partial charge in [0.15, 0.2) is 0 Å². The van der Waals surface area contributed by atoms with Crippen molar-refractivity contribution < 1.29 is 9.59 Å². The molecule has 5 heteroatoms. The van der Waals surface area contributed by atoms with Crippen molar-refractivity contribution in [3.63, 3.8) is 0 Å². The molecule has 0 saturated carbocycles. The topological polar surface area (TPSA) is 49.4 Å². The first-order valence-electron chi connectivity index (χ1n) is 7.51. The van der Waals surface area contributed by atoms with E-state index in [9.17, 15) is 9.59 Å². The molecule has 0 aromatic heterocycles. The van der Waals surface area contributed by atoms with Crippen LogP contribution < -0.4 is 5.32 Å². The van der Waals surface area contributed by atoms with Gasteiger partial charge in [0.1, 0.15) is 0 Å². The normalized spacial score (nSPS) is 15.4. The Hall–Kier alpha value is -1.81. The lowest BCUT2D eigenvalue weighted by Gasteiger charge is -2.31. The summed E-state index contributed by atoms with van der Waals surface area (Å²) in [5.74, 6) is 0.163. The van der Waals surface area contributed by atoms with Gasteiger partial charge in [-0.15, -0.1) is 6.58 Å². The molecule has 1 aliphatic rings. The average Bonchev–Trinajstić information content (AvgIpc) is 2.55. The van der Waals surface area contributed by atoms with Gasteiger partial charge in [-0.2, -0.15) is 0 Å². The maximum absolute atomic E-state index is 12.3. The van der Waals surface area contributed by atoms with Crippen molar-refractivity contribution in [2.24, 2.45) is 5.92 Å². The summed E-state index contributed by atoms with van der Waals surface area (Å²) in [5.41, 5.74) is 0.959. The highest BCUT2D eigenvalue weighted by Gasteiger charge is 2.26. The average molecular weight is 321 g/mol. The van der Waals surface area contributed by atoms with Gasteiger partial charge in [-0.1, -0.05) is 29.8 Å². The maximum atomic E-state index is 12.3. The van der Waals surface area contributed by atoms with Crippen LogP contribution in [0.1, 0.15) is 18.4 Å². The van der Waals surface area contributed by atoms with Crippen LogP contribution in [-0.4, -0.2) is 36.3 Å². The molecule has 1 N–H and O–H groups in total. The summed E-state index contributed by atoms with van der Waals surface area (Å²) < 4.78 is 0. The number of nitrogens with zero attached hydrogens (tertiary/aromatic N) is 1. The van der Waals surface area contributed by atoms with E-state index in [1.807, 2.05) is 17.0 Å². The van der Waals surface area contributed by atoms with E-state index < -0.39 is 0 Å². The molecule has 4 nitrogen and oxygen atoms in total. The van der Waals surface area contributed by atoms with Crippen molar-refractivity contribution in [1.82, 2.24) is 10.2 Å². The molecule has 1 fully saturated rings. The SMILES string of the molecule is C=CCNC(=O)C1CCN(C(=O)Cc2ccc(Cl)cc2)CC1. The van der Waals surface area contributed by atoms with E-state index in [2.05, 4.69) is 11.9 Å². The number of likely N-dealkylation sites (tertiary alicyclic amines) is 1. The fraction of sp³-hybridized carbons (Fsp3) is 0.412. The van der Waals surface area contributed by atoms with E-state index in [-0.39, 0.29) is 17.7 Å². The minimum absolute atomic E-state index is 0.000433. The highest BCUT2D eigenvalue weighted by atomic mass is 35.5. The number of carbonyl (C=O) groups excluding carboxylic acids is 2. The molecule has 1 aromatic carbocycles. The van der Waals surface area contributed by atoms with Gasteiger partial charge in [-0.3, -0.25) is 9.59 Å². The van der Waals surface area contributed by atoms with Crippen molar-refractivity contribution in [2.75, 3.05) is 19.6 Å². The summed E-state index contributed by atoms with van der Waals surface area (Å²) >= 11 is 5.84. The number of hydrogen-bond acceptors (Lipinski definition) is 2. The van der Waals surface area contributed by atoms with Crippen LogP contribution in [0.3, 0.4) is 0 Å². The number of carbonyl (C=O) groups is 2. The zero-order chi connectivity index (χ0) is 15.9. The lowest BCUT2D eigenvalue weighted by Crippen LogP contribution is -2.43. The quantitative estimate of drug-likeness (QED) is 0.847. The maximum Gasteiger partial charge on any atom is 0.226 e. The Morgan fingerprint density at radius 1 is 1.27 bits per heavy atom. The summed E-state index contributed by atoms with van der Waals surface area (Å²) in [7, 11) is 0. The molecule has 0 unspecified atom stereocenters. The Morgan fingerprint density at radius 2 is 1.91 bits per heavy atom. The molecule has 0 spiro atoms. The number of rotatable bonds is 5. The third-order valence-corrected chi connectivity index (χ3v) is 4.16. The van der Waals surface area contributed by atoms with Gasteiger partial charge in [0.25, 0.3) is 0 Å². The van der Waals surface area contributed by atoms with Crippen LogP contribution in [-0.2, 0) is 16.0 Å². The van der Waals surface area contributed by atoms with Crippen molar-refractivity contribution in [3.8, 4) is 0 Å². The fourth-order valence-corrected chi connectivity index (χ4v) is 2.72. The van der Waals surface area contributed by atoms with Crippen LogP contribution in [0, 0.1) is 5.92 Å². The zero-order valence-electron chi connectivity index (χ0n) is 12.6. The molecule has 1 aromatic rings. The van der Waals surface area contributed by atoms with Gasteiger partial charge in [-0.05, 0) is 30.5 Å². The molecule has 0 bridgehead atoms. The second kappa shape index (κ2) is 7.99. The Labute approximate surface area is 136 Å². The first-order chi connectivity index (χ1) is 10.6. The van der Waals surface area contributed by atoms with E-state index in [0.29, 0.717) is 31.1 Å². The molecule has 22 heavy (non-hydrogen) atoms. The number of amides is 2. The summed E-state index contributed by atoms with van der Waals surface area (Å²) in [5, 5.41) is 3.49. The first-order valence-corrected chi connectivity index (χ1v) is 7.88. The monoisotopic (exact) mass is 320 g/mol. The molecule has 1 heterocycles. The number of halogens is 1. The minimum atomic E-state index is -0.000433. The summed E-state index contributed by atoms with van der Waals surface area (Å²) in [6.45, 7) is 5.35. The van der Waals surface area contributed by atoms with Gasteiger partial charge >= 0.3 is 0 Å². The minimum Gasteiger partial charge on any atom is -0.352 e. The van der Waals surface area contributed by atoms with Crippen molar-refractivity contribution in [3.05, 3.63) is 47.5 Å². The molecule has 1 saturated heterocycles. The van der Waals surface area contributed by atoms with Crippen LogP contribution in [0.4, 0.5) is 0 Å². The molecule has 1 aliphatic heterocycles. The van der Waals surface area contributed by atoms with Crippen molar-refractivity contribution >= 4 is 23.4 Å². The zero-order valence-corrected chi connectivity index (χ0v) is 13.3. The number of piperidine rings is 1. The number of nitrogens with one attached hydrogen (secondary N) is 1. The number of hydrogen-bond donors (Lipinski definition) is 1. The van der Waals surface area contributed by atoms with E-state index in [0.717, 1.165) is 18.4 Å². The van der Waals surface area contributed by atoms with Gasteiger partial charge in [0, 0.05) is 30.6 Å². The molecule has 118 valence electrons. The Balaban J connectivity index is 1.80. The smallest absolute Gasteiger partial charge is 0.226 e. The van der Waals surface area contributed by atoms with Gasteiger partial charge in [0.2, 0.25) is 11.8 Å². The van der Waals surface area contributed by atoms with Crippen LogP contribution in [0.15, 0.2) is 36.9 Å². The van der Waals surface area contributed by atoms with E-state index >= 15 is 0 Å². The molecular weight excluding hydrogens is 300 g/mol. The third kappa shape index (κ3) is 4.60. The highest BCUT2D eigenvalue weighted by Crippen LogP contribution is 2.18. The molecule has 0 aliphatic carbocycles. The van der Waals surface area contributed by atoms with Gasteiger partial charge in [0.05, 0.1) is 6.42 Å². The number of benzene rings is 1. The van der Waals surface area contributed by atoms with Crippen LogP contribution in [0.25, 0.3) is 0 Å². The summed E-state index contributed by atoms with van der Waals surface area (Å²) in [6, 6.07) is 7.33. The first kappa shape index (κ1) is 16.6. The molecule has 2 amide bonds. The lowest BCUT2D eigenvalue weighted by atomic mass is 9.95. The van der Waals surface area contributed by atoms with Gasteiger partial charge < -0.3 is 10.2 Å². The molecular formula is C17H21ClN2O2. The van der Waals surface area contributed by atoms with Crippen LogP contribution in [0.2, 0.25) is 5.02 Å². The lowest BCUT2D eigenvalue weighted by molar-refractivity contribution is -0.135. The van der Waals surface area contributed by atoms with Gasteiger partial charge in [-0.25, -0.2) is 0 Å². The second-order valence-corrected chi connectivity index (χ2v) is 5.93. The van der Waals surface area contributed by atoms with E-state index in [4.69, 9.17) is 11.6 Å². The largest absolute Gasteiger partial charge is 0.352 e.